The molecule has 3 aromatic heterocycles. The maximum Gasteiger partial charge on any atom is 0.286 e. The van der Waals surface area contributed by atoms with Crippen molar-refractivity contribution in [1.82, 2.24) is 19.6 Å². The number of anilines is 1. The van der Waals surface area contributed by atoms with Crippen molar-refractivity contribution < 1.29 is 19.2 Å². The topological polar surface area (TPSA) is 134 Å². The monoisotopic (exact) mass is 440 g/mol. The van der Waals surface area contributed by atoms with Gasteiger partial charge in [0.2, 0.25) is 5.13 Å². The number of carbonyl (C=O) groups excluding carboxylic acids is 1. The Morgan fingerprint density at radius 1 is 1.19 bits per heavy atom. The number of rotatable bonds is 8. The van der Waals surface area contributed by atoms with Crippen LogP contribution in [-0.4, -0.2) is 44.1 Å². The van der Waals surface area contributed by atoms with E-state index in [1.807, 2.05) is 0 Å². The van der Waals surface area contributed by atoms with Crippen molar-refractivity contribution in [3.05, 3.63) is 63.9 Å². The lowest BCUT2D eigenvalue weighted by Crippen LogP contribution is -2.20. The van der Waals surface area contributed by atoms with E-state index in [9.17, 15) is 14.9 Å². The van der Waals surface area contributed by atoms with Crippen molar-refractivity contribution in [2.45, 2.75) is 6.61 Å². The van der Waals surface area contributed by atoms with E-state index in [0.717, 1.165) is 5.56 Å². The SMILES string of the molecule is COCc1nnc(NC(=O)COc2ccc(-c3cn4cc([N+](=O)[O-])ccc4n3)cc2)s1. The zero-order valence-electron chi connectivity index (χ0n) is 16.2. The molecule has 12 heteroatoms. The molecule has 0 fully saturated rings. The molecule has 4 aromatic rings. The first-order valence-corrected chi connectivity index (χ1v) is 9.81. The van der Waals surface area contributed by atoms with Crippen molar-refractivity contribution >= 4 is 33.7 Å². The summed E-state index contributed by atoms with van der Waals surface area (Å²) < 4.78 is 12.1. The summed E-state index contributed by atoms with van der Waals surface area (Å²) in [6, 6.07) is 10.0. The van der Waals surface area contributed by atoms with Crippen LogP contribution in [0, 0.1) is 10.1 Å². The summed E-state index contributed by atoms with van der Waals surface area (Å²) in [7, 11) is 1.56. The minimum absolute atomic E-state index is 0.0121. The third kappa shape index (κ3) is 4.82. The molecule has 1 aromatic carbocycles. The first kappa shape index (κ1) is 20.4. The molecule has 1 N–H and O–H groups in total. The van der Waals surface area contributed by atoms with E-state index in [2.05, 4.69) is 20.5 Å². The normalized spacial score (nSPS) is 10.9. The van der Waals surface area contributed by atoms with Crippen LogP contribution in [0.15, 0.2) is 48.8 Å². The molecule has 1 amide bonds. The Morgan fingerprint density at radius 2 is 2.00 bits per heavy atom. The Balaban J connectivity index is 1.37. The first-order valence-electron chi connectivity index (χ1n) is 8.99. The third-order valence-electron chi connectivity index (χ3n) is 4.15. The Hall–Kier alpha value is -3.90. The number of fused-ring (bicyclic) bond motifs is 1. The van der Waals surface area contributed by atoms with Gasteiger partial charge in [-0.25, -0.2) is 4.98 Å². The van der Waals surface area contributed by atoms with Crippen LogP contribution in [0.3, 0.4) is 0 Å². The molecular formula is C19H16N6O5S. The maximum atomic E-state index is 12.0. The highest BCUT2D eigenvalue weighted by Crippen LogP contribution is 2.23. The Bertz CT molecular complexity index is 1240. The van der Waals surface area contributed by atoms with Crippen LogP contribution in [0.2, 0.25) is 0 Å². The zero-order valence-corrected chi connectivity index (χ0v) is 17.0. The molecular weight excluding hydrogens is 424 g/mol. The fourth-order valence-corrected chi connectivity index (χ4v) is 3.47. The summed E-state index contributed by atoms with van der Waals surface area (Å²) in [4.78, 5) is 27.0. The van der Waals surface area contributed by atoms with E-state index in [1.54, 1.807) is 48.0 Å². The van der Waals surface area contributed by atoms with E-state index >= 15 is 0 Å². The second kappa shape index (κ2) is 8.85. The third-order valence-corrected chi connectivity index (χ3v) is 4.96. The second-order valence-electron chi connectivity index (χ2n) is 6.33. The van der Waals surface area contributed by atoms with E-state index < -0.39 is 4.92 Å². The average Bonchev–Trinajstić information content (AvgIpc) is 3.39. The summed E-state index contributed by atoms with van der Waals surface area (Å²) in [6.07, 6.45) is 3.13. The Morgan fingerprint density at radius 3 is 2.74 bits per heavy atom. The highest BCUT2D eigenvalue weighted by Gasteiger charge is 2.11. The number of amides is 1. The predicted octanol–water partition coefficient (Wildman–Crippen LogP) is 2.92. The number of methoxy groups -OCH3 is 1. The lowest BCUT2D eigenvalue weighted by atomic mass is 10.2. The number of nitrogens with one attached hydrogen (secondary N) is 1. The van der Waals surface area contributed by atoms with Crippen LogP contribution in [0.1, 0.15) is 5.01 Å². The molecule has 0 aliphatic heterocycles. The molecule has 0 spiro atoms. The molecule has 0 saturated heterocycles. The molecule has 3 heterocycles. The molecule has 0 bridgehead atoms. The Kier molecular flexibility index (Phi) is 5.82. The molecule has 0 aliphatic carbocycles. The van der Waals surface area contributed by atoms with Crippen LogP contribution in [0.25, 0.3) is 16.9 Å². The molecule has 0 aliphatic rings. The van der Waals surface area contributed by atoms with E-state index in [1.165, 1.54) is 23.6 Å². The number of aromatic nitrogens is 4. The van der Waals surface area contributed by atoms with Gasteiger partial charge in [0.25, 0.3) is 11.6 Å². The molecule has 0 unspecified atom stereocenters. The van der Waals surface area contributed by atoms with Crippen molar-refractivity contribution in [2.24, 2.45) is 0 Å². The van der Waals surface area contributed by atoms with Crippen LogP contribution in [0.5, 0.6) is 5.75 Å². The minimum Gasteiger partial charge on any atom is -0.484 e. The van der Waals surface area contributed by atoms with E-state index in [0.29, 0.717) is 33.8 Å². The quantitative estimate of drug-likeness (QED) is 0.326. The molecule has 31 heavy (non-hydrogen) atoms. The van der Waals surface area contributed by atoms with Gasteiger partial charge in [0.05, 0.1) is 16.8 Å². The van der Waals surface area contributed by atoms with Crippen LogP contribution >= 0.6 is 11.3 Å². The average molecular weight is 440 g/mol. The number of imidazole rings is 1. The summed E-state index contributed by atoms with van der Waals surface area (Å²) >= 11 is 1.23. The molecule has 0 atom stereocenters. The molecule has 158 valence electrons. The molecule has 0 radical (unpaired) electrons. The van der Waals surface area contributed by atoms with Crippen LogP contribution < -0.4 is 10.1 Å². The predicted molar refractivity (Wildman–Crippen MR) is 112 cm³/mol. The van der Waals surface area contributed by atoms with Gasteiger partial charge in [-0.2, -0.15) is 0 Å². The molecule has 4 rings (SSSR count). The van der Waals surface area contributed by atoms with Gasteiger partial charge in [-0.3, -0.25) is 24.6 Å². The van der Waals surface area contributed by atoms with E-state index in [-0.39, 0.29) is 18.2 Å². The van der Waals surface area contributed by atoms with Gasteiger partial charge in [-0.1, -0.05) is 11.3 Å². The summed E-state index contributed by atoms with van der Waals surface area (Å²) in [5, 5.41) is 22.3. The standard InChI is InChI=1S/C19H16N6O5S/c1-29-11-18-22-23-19(31-18)21-17(26)10-30-14-5-2-12(3-6-14)15-9-24-8-13(25(27)28)4-7-16(24)20-15/h2-9H,10-11H2,1H3,(H,21,23,26). The molecule has 0 saturated carbocycles. The van der Waals surface area contributed by atoms with Gasteiger partial charge >= 0.3 is 0 Å². The number of benzene rings is 1. The fourth-order valence-electron chi connectivity index (χ4n) is 2.74. The van der Waals surface area contributed by atoms with Gasteiger partial charge in [0.1, 0.15) is 23.0 Å². The van der Waals surface area contributed by atoms with Crippen LogP contribution in [0.4, 0.5) is 10.8 Å². The smallest absolute Gasteiger partial charge is 0.286 e. The van der Waals surface area contributed by atoms with Gasteiger partial charge in [0, 0.05) is 24.9 Å². The van der Waals surface area contributed by atoms with Crippen molar-refractivity contribution in [2.75, 3.05) is 19.0 Å². The largest absolute Gasteiger partial charge is 0.484 e. The number of ether oxygens (including phenoxy) is 2. The lowest BCUT2D eigenvalue weighted by Gasteiger charge is -2.06. The number of hydrogen-bond acceptors (Lipinski definition) is 9. The number of nitro groups is 1. The maximum absolute atomic E-state index is 12.0. The highest BCUT2D eigenvalue weighted by molar-refractivity contribution is 7.15. The lowest BCUT2D eigenvalue weighted by molar-refractivity contribution is -0.385. The van der Waals surface area contributed by atoms with Gasteiger partial charge in [-0.05, 0) is 30.3 Å². The number of nitrogens with zero attached hydrogens (tertiary/aromatic N) is 5. The van der Waals surface area contributed by atoms with Crippen molar-refractivity contribution in [1.29, 1.82) is 0 Å². The van der Waals surface area contributed by atoms with Gasteiger partial charge < -0.3 is 9.47 Å². The highest BCUT2D eigenvalue weighted by atomic mass is 32.1. The van der Waals surface area contributed by atoms with Crippen molar-refractivity contribution in [3.8, 4) is 17.0 Å². The number of carbonyl (C=O) groups is 1. The summed E-state index contributed by atoms with van der Waals surface area (Å²) in [6.45, 7) is 0.149. The first-order chi connectivity index (χ1) is 15.0. The fraction of sp³-hybridized carbons (Fsp3) is 0.158. The van der Waals surface area contributed by atoms with Gasteiger partial charge in [0.15, 0.2) is 6.61 Å². The minimum atomic E-state index is -0.453. The molecule has 11 nitrogen and oxygen atoms in total. The number of pyridine rings is 1. The van der Waals surface area contributed by atoms with E-state index in [4.69, 9.17) is 9.47 Å². The summed E-state index contributed by atoms with van der Waals surface area (Å²) in [5.41, 5.74) is 2.06. The zero-order chi connectivity index (χ0) is 21.8. The Labute approximate surface area is 179 Å². The van der Waals surface area contributed by atoms with Crippen LogP contribution in [-0.2, 0) is 16.1 Å². The number of hydrogen-bond donors (Lipinski definition) is 1. The second-order valence-corrected chi connectivity index (χ2v) is 7.39. The summed E-state index contributed by atoms with van der Waals surface area (Å²) in [5.74, 6) is 0.154. The van der Waals surface area contributed by atoms with Crippen molar-refractivity contribution in [3.63, 3.8) is 0 Å². The van der Waals surface area contributed by atoms with Gasteiger partial charge in [-0.15, -0.1) is 10.2 Å².